The Hall–Kier alpha value is -1.08. The average Bonchev–Trinajstić information content (AvgIpc) is 3.06. The molecule has 3 N–H and O–H groups in total. The summed E-state index contributed by atoms with van der Waals surface area (Å²) in [6.45, 7) is 10.6. The van der Waals surface area contributed by atoms with Gasteiger partial charge in [0.2, 0.25) is 0 Å². The van der Waals surface area contributed by atoms with Crippen LogP contribution in [-0.2, 0) is 0 Å². The Balaban J connectivity index is 0.00000288. The highest BCUT2D eigenvalue weighted by Gasteiger charge is 2.28. The Kier molecular flexibility index (Phi) is 9.16. The third-order valence-corrected chi connectivity index (χ3v) is 4.77. The van der Waals surface area contributed by atoms with Crippen molar-refractivity contribution in [3.8, 4) is 5.13 Å². The van der Waals surface area contributed by atoms with E-state index in [1.165, 1.54) is 0 Å². The number of halogens is 2. The van der Waals surface area contributed by atoms with Gasteiger partial charge in [0, 0.05) is 35.0 Å². The van der Waals surface area contributed by atoms with E-state index in [4.69, 9.17) is 5.73 Å². The molecule has 0 aliphatic carbocycles. The molecule has 2 aromatic rings. The summed E-state index contributed by atoms with van der Waals surface area (Å²) < 4.78 is 2.02. The average molecular weight is 407 g/mol. The molecule has 1 atom stereocenters. The second-order valence-electron chi connectivity index (χ2n) is 6.75. The second-order valence-corrected chi connectivity index (χ2v) is 7.62. The van der Waals surface area contributed by atoms with Crippen LogP contribution in [-0.4, -0.2) is 27.5 Å². The van der Waals surface area contributed by atoms with Gasteiger partial charge in [-0.3, -0.25) is 9.36 Å². The van der Waals surface area contributed by atoms with Gasteiger partial charge in [0.05, 0.1) is 5.56 Å². The predicted octanol–water partition coefficient (Wildman–Crippen LogP) is 3.89. The zero-order chi connectivity index (χ0) is 17.2. The lowest BCUT2D eigenvalue weighted by molar-refractivity contribution is 0.0897. The van der Waals surface area contributed by atoms with E-state index in [1.54, 1.807) is 17.5 Å². The fourth-order valence-corrected chi connectivity index (χ4v) is 3.79. The van der Waals surface area contributed by atoms with Crippen LogP contribution in [0.5, 0.6) is 0 Å². The summed E-state index contributed by atoms with van der Waals surface area (Å²) in [5.41, 5.74) is 8.09. The second kappa shape index (κ2) is 9.57. The Morgan fingerprint density at radius 1 is 1.40 bits per heavy atom. The lowest BCUT2D eigenvalue weighted by Gasteiger charge is -2.31. The van der Waals surface area contributed by atoms with Gasteiger partial charge in [-0.15, -0.1) is 36.2 Å². The van der Waals surface area contributed by atoms with Crippen molar-refractivity contribution in [2.45, 2.75) is 46.6 Å². The Bertz CT molecular complexity index is 685. The minimum atomic E-state index is -0.394. The summed E-state index contributed by atoms with van der Waals surface area (Å²) in [4.78, 5) is 17.1. The van der Waals surface area contributed by atoms with Crippen LogP contribution in [0.3, 0.4) is 0 Å². The lowest BCUT2D eigenvalue weighted by atomic mass is 9.90. The summed E-state index contributed by atoms with van der Waals surface area (Å²) in [7, 11) is 0. The summed E-state index contributed by atoms with van der Waals surface area (Å²) in [6.07, 6.45) is 2.62. The molecule has 8 heteroatoms. The number of rotatable bonds is 6. The van der Waals surface area contributed by atoms with Crippen molar-refractivity contribution < 1.29 is 4.79 Å². The van der Waals surface area contributed by atoms with E-state index in [1.807, 2.05) is 36.8 Å². The minimum Gasteiger partial charge on any atom is -0.346 e. The van der Waals surface area contributed by atoms with Crippen LogP contribution in [0.15, 0.2) is 17.6 Å². The molecule has 2 heterocycles. The third kappa shape index (κ3) is 5.45. The number of aromatic nitrogens is 2. The number of hydrogen-bond donors (Lipinski definition) is 2. The SMILES string of the molecule is Cc1cc(C(=O)NC(C)(CN)CC(C)C)c(C)n1-c1nccs1.Cl.Cl. The first kappa shape index (κ1) is 23.9. The van der Waals surface area contributed by atoms with Gasteiger partial charge in [-0.05, 0) is 39.2 Å². The van der Waals surface area contributed by atoms with E-state index in [0.717, 1.165) is 22.9 Å². The third-order valence-electron chi connectivity index (χ3n) is 4.01. The highest BCUT2D eigenvalue weighted by Crippen LogP contribution is 2.23. The summed E-state index contributed by atoms with van der Waals surface area (Å²) in [5.74, 6) is 0.390. The Morgan fingerprint density at radius 2 is 2.04 bits per heavy atom. The monoisotopic (exact) mass is 406 g/mol. The lowest BCUT2D eigenvalue weighted by Crippen LogP contribution is -2.52. The number of carbonyl (C=O) groups excluding carboxylic acids is 1. The van der Waals surface area contributed by atoms with E-state index in [9.17, 15) is 4.79 Å². The molecule has 2 rings (SSSR count). The van der Waals surface area contributed by atoms with Gasteiger partial charge in [-0.2, -0.15) is 0 Å². The van der Waals surface area contributed by atoms with Crippen LogP contribution in [0, 0.1) is 19.8 Å². The largest absolute Gasteiger partial charge is 0.346 e. The van der Waals surface area contributed by atoms with Gasteiger partial charge in [-0.1, -0.05) is 13.8 Å². The smallest absolute Gasteiger partial charge is 0.253 e. The van der Waals surface area contributed by atoms with Crippen LogP contribution < -0.4 is 11.1 Å². The van der Waals surface area contributed by atoms with Crippen LogP contribution >= 0.6 is 36.2 Å². The molecule has 25 heavy (non-hydrogen) atoms. The molecule has 0 spiro atoms. The van der Waals surface area contributed by atoms with Crippen molar-refractivity contribution in [1.82, 2.24) is 14.9 Å². The minimum absolute atomic E-state index is 0. The molecule has 0 radical (unpaired) electrons. The zero-order valence-corrected chi connectivity index (χ0v) is 17.8. The number of hydrogen-bond acceptors (Lipinski definition) is 4. The van der Waals surface area contributed by atoms with Gasteiger partial charge in [-0.25, -0.2) is 4.98 Å². The highest BCUT2D eigenvalue weighted by molar-refractivity contribution is 7.12. The Labute approximate surface area is 166 Å². The molecule has 5 nitrogen and oxygen atoms in total. The van der Waals surface area contributed by atoms with Gasteiger partial charge in [0.1, 0.15) is 0 Å². The molecule has 0 saturated heterocycles. The molecule has 0 aliphatic heterocycles. The standard InChI is InChI=1S/C17H26N4OS.2ClH/c1-11(2)9-17(5,10-18)20-15(22)14-8-12(3)21(13(14)4)16-19-6-7-23-16;;/h6-8,11H,9-10,18H2,1-5H3,(H,20,22);2*1H. The fourth-order valence-electron chi connectivity index (χ4n) is 3.04. The topological polar surface area (TPSA) is 72.9 Å². The summed E-state index contributed by atoms with van der Waals surface area (Å²) >= 11 is 1.56. The highest BCUT2D eigenvalue weighted by atomic mass is 35.5. The van der Waals surface area contributed by atoms with Crippen molar-refractivity contribution >= 4 is 42.1 Å². The number of thiazole rings is 1. The van der Waals surface area contributed by atoms with Gasteiger partial charge >= 0.3 is 0 Å². The van der Waals surface area contributed by atoms with E-state index < -0.39 is 5.54 Å². The van der Waals surface area contributed by atoms with Gasteiger partial charge in [0.25, 0.3) is 5.91 Å². The van der Waals surface area contributed by atoms with Crippen molar-refractivity contribution in [3.05, 3.63) is 34.6 Å². The first-order valence-corrected chi connectivity index (χ1v) is 8.77. The maximum absolute atomic E-state index is 12.8. The number of aryl methyl sites for hydroxylation is 1. The molecule has 1 amide bonds. The van der Waals surface area contributed by atoms with Crippen LogP contribution in [0.25, 0.3) is 5.13 Å². The molecule has 0 aliphatic rings. The summed E-state index contributed by atoms with van der Waals surface area (Å²) in [6, 6.07) is 1.92. The van der Waals surface area contributed by atoms with Crippen LogP contribution in [0.1, 0.15) is 48.9 Å². The van der Waals surface area contributed by atoms with Crippen molar-refractivity contribution in [2.75, 3.05) is 6.54 Å². The molecular weight excluding hydrogens is 379 g/mol. The fraction of sp³-hybridized carbons (Fsp3) is 0.529. The summed E-state index contributed by atoms with van der Waals surface area (Å²) in [5, 5.41) is 5.93. The first-order chi connectivity index (χ1) is 10.8. The van der Waals surface area contributed by atoms with E-state index in [0.29, 0.717) is 18.0 Å². The molecule has 142 valence electrons. The Morgan fingerprint density at radius 3 is 2.52 bits per heavy atom. The number of nitrogens with zero attached hydrogens (tertiary/aromatic N) is 2. The van der Waals surface area contributed by atoms with Gasteiger partial charge in [0.15, 0.2) is 5.13 Å². The molecule has 2 aromatic heterocycles. The molecule has 1 unspecified atom stereocenters. The van der Waals surface area contributed by atoms with Crippen molar-refractivity contribution in [1.29, 1.82) is 0 Å². The molecule has 0 saturated carbocycles. The van der Waals surface area contributed by atoms with Crippen LogP contribution in [0.4, 0.5) is 0 Å². The van der Waals surface area contributed by atoms with E-state index in [2.05, 4.69) is 24.1 Å². The maximum Gasteiger partial charge on any atom is 0.253 e. The quantitative estimate of drug-likeness (QED) is 0.763. The van der Waals surface area contributed by atoms with Gasteiger partial charge < -0.3 is 11.1 Å². The molecular formula is C17H28Cl2N4OS. The number of nitrogens with one attached hydrogen (secondary N) is 1. The molecule has 0 fully saturated rings. The molecule has 0 bridgehead atoms. The van der Waals surface area contributed by atoms with E-state index >= 15 is 0 Å². The van der Waals surface area contributed by atoms with Crippen molar-refractivity contribution in [2.24, 2.45) is 11.7 Å². The number of nitrogens with two attached hydrogens (primary N) is 1. The molecule has 0 aromatic carbocycles. The van der Waals surface area contributed by atoms with Crippen molar-refractivity contribution in [3.63, 3.8) is 0 Å². The first-order valence-electron chi connectivity index (χ1n) is 7.89. The van der Waals surface area contributed by atoms with E-state index in [-0.39, 0.29) is 30.7 Å². The van der Waals surface area contributed by atoms with Crippen LogP contribution in [0.2, 0.25) is 0 Å². The predicted molar refractivity (Wildman–Crippen MR) is 110 cm³/mol. The number of carbonyl (C=O) groups is 1. The zero-order valence-electron chi connectivity index (χ0n) is 15.3. The normalized spacial score (nSPS) is 12.9. The maximum atomic E-state index is 12.8. The number of amides is 1.